The zero-order valence-electron chi connectivity index (χ0n) is 4.64. The molecule has 0 radical (unpaired) electrons. The molecule has 0 aromatic heterocycles. The molecule has 0 aliphatic carbocycles. The van der Waals surface area contributed by atoms with Gasteiger partial charge in [0, 0.05) is 12.3 Å². The maximum absolute atomic E-state index is 10.5. The summed E-state index contributed by atoms with van der Waals surface area (Å²) in [5.74, 6) is 0.992. The van der Waals surface area contributed by atoms with Crippen molar-refractivity contribution in [2.24, 2.45) is 0 Å². The van der Waals surface area contributed by atoms with Crippen LogP contribution in [-0.4, -0.2) is 17.5 Å². The van der Waals surface area contributed by atoms with Crippen LogP contribution in [0.2, 0.25) is 0 Å². The fourth-order valence-electron chi connectivity index (χ4n) is 0.633. The average molecular weight is 131 g/mol. The number of carbonyl (C=O) groups is 1. The highest BCUT2D eigenvalue weighted by atomic mass is 32.2. The Kier molecular flexibility index (Phi) is 2.21. The van der Waals surface area contributed by atoms with Gasteiger partial charge in [0.25, 0.3) is 5.24 Å². The van der Waals surface area contributed by atoms with Gasteiger partial charge in [0.15, 0.2) is 0 Å². The van der Waals surface area contributed by atoms with Crippen molar-refractivity contribution in [2.75, 3.05) is 12.3 Å². The summed E-state index contributed by atoms with van der Waals surface area (Å²) in [4.78, 5) is 10.5. The third kappa shape index (κ3) is 1.74. The molecule has 1 saturated heterocycles. The lowest BCUT2D eigenvalue weighted by Gasteiger charge is -1.92. The first kappa shape index (κ1) is 5.95. The van der Waals surface area contributed by atoms with Crippen molar-refractivity contribution in [3.8, 4) is 0 Å². The van der Waals surface area contributed by atoms with Crippen LogP contribution >= 0.6 is 11.8 Å². The molecule has 0 saturated carbocycles. The van der Waals surface area contributed by atoms with Crippen molar-refractivity contribution in [1.82, 2.24) is 5.32 Å². The molecule has 1 fully saturated rings. The summed E-state index contributed by atoms with van der Waals surface area (Å²) in [5, 5.41) is 2.91. The second-order valence-electron chi connectivity index (χ2n) is 1.77. The molecule has 1 N–H and O–H groups in total. The summed E-state index contributed by atoms with van der Waals surface area (Å²) >= 11 is 1.39. The van der Waals surface area contributed by atoms with Gasteiger partial charge in [-0.25, -0.2) is 0 Å². The predicted octanol–water partition coefficient (Wildman–Crippen LogP) is 1.22. The smallest absolute Gasteiger partial charge is 0.279 e. The van der Waals surface area contributed by atoms with Crippen LogP contribution in [0.5, 0.6) is 0 Å². The summed E-state index contributed by atoms with van der Waals surface area (Å²) < 4.78 is 0. The van der Waals surface area contributed by atoms with E-state index in [1.807, 2.05) is 0 Å². The first-order valence-corrected chi connectivity index (χ1v) is 3.79. The van der Waals surface area contributed by atoms with Gasteiger partial charge in [-0.2, -0.15) is 0 Å². The molecule has 1 aliphatic rings. The van der Waals surface area contributed by atoms with Gasteiger partial charge in [0.2, 0.25) is 0 Å². The fourth-order valence-corrected chi connectivity index (χ4v) is 1.37. The van der Waals surface area contributed by atoms with Crippen LogP contribution in [0, 0.1) is 0 Å². The minimum absolute atomic E-state index is 0.141. The third-order valence-electron chi connectivity index (χ3n) is 1.07. The van der Waals surface area contributed by atoms with Gasteiger partial charge in [-0.15, -0.1) is 0 Å². The zero-order chi connectivity index (χ0) is 5.82. The van der Waals surface area contributed by atoms with Gasteiger partial charge < -0.3 is 5.32 Å². The topological polar surface area (TPSA) is 29.1 Å². The van der Waals surface area contributed by atoms with Gasteiger partial charge in [0.05, 0.1) is 0 Å². The van der Waals surface area contributed by atoms with Crippen LogP contribution in [0.25, 0.3) is 0 Å². The highest BCUT2D eigenvalue weighted by Crippen LogP contribution is 2.08. The minimum atomic E-state index is 0.141. The van der Waals surface area contributed by atoms with Crippen LogP contribution in [0.15, 0.2) is 0 Å². The van der Waals surface area contributed by atoms with Gasteiger partial charge in [-0.3, -0.25) is 4.79 Å². The highest BCUT2D eigenvalue weighted by Gasteiger charge is 2.04. The molecule has 0 atom stereocenters. The van der Waals surface area contributed by atoms with Crippen LogP contribution < -0.4 is 5.32 Å². The van der Waals surface area contributed by atoms with Crippen molar-refractivity contribution in [3.05, 3.63) is 0 Å². The third-order valence-corrected chi connectivity index (χ3v) is 1.97. The Labute approximate surface area is 53.0 Å². The van der Waals surface area contributed by atoms with Crippen molar-refractivity contribution >= 4 is 17.0 Å². The number of amides is 1. The molecule has 0 aromatic carbocycles. The molecule has 3 heteroatoms. The maximum Gasteiger partial charge on any atom is 0.279 e. The molecule has 46 valence electrons. The molecule has 1 aliphatic heterocycles. The van der Waals surface area contributed by atoms with Gasteiger partial charge in [0.1, 0.15) is 0 Å². The number of rotatable bonds is 0. The van der Waals surface area contributed by atoms with E-state index in [1.54, 1.807) is 0 Å². The van der Waals surface area contributed by atoms with Crippen molar-refractivity contribution in [2.45, 2.75) is 12.8 Å². The first-order valence-electron chi connectivity index (χ1n) is 2.80. The average Bonchev–Trinajstić information content (AvgIpc) is 1.94. The first-order chi connectivity index (χ1) is 3.89. The van der Waals surface area contributed by atoms with E-state index in [0.29, 0.717) is 0 Å². The summed E-state index contributed by atoms with van der Waals surface area (Å²) in [7, 11) is 0. The van der Waals surface area contributed by atoms with E-state index in [2.05, 4.69) is 5.32 Å². The Hall–Kier alpha value is -0.180. The second-order valence-corrected chi connectivity index (χ2v) is 2.84. The van der Waals surface area contributed by atoms with E-state index in [4.69, 9.17) is 0 Å². The monoisotopic (exact) mass is 131 g/mol. The number of hydrogen-bond donors (Lipinski definition) is 1. The van der Waals surface area contributed by atoms with Crippen molar-refractivity contribution in [1.29, 1.82) is 0 Å². The Bertz CT molecular complexity index is 84.4. The van der Waals surface area contributed by atoms with Crippen LogP contribution in [0.1, 0.15) is 12.8 Å². The SMILES string of the molecule is O=C1NCCCCS1. The van der Waals surface area contributed by atoms with Gasteiger partial charge in [-0.1, -0.05) is 11.8 Å². The standard InChI is InChI=1S/C5H9NOS/c7-5-6-3-1-2-4-8-5/h1-4H2,(H,6,7). The van der Waals surface area contributed by atoms with Crippen molar-refractivity contribution < 1.29 is 4.79 Å². The Morgan fingerprint density at radius 2 is 2.38 bits per heavy atom. The van der Waals surface area contributed by atoms with Crippen molar-refractivity contribution in [3.63, 3.8) is 0 Å². The molecular weight excluding hydrogens is 122 g/mol. The normalized spacial score (nSPS) is 21.8. The van der Waals surface area contributed by atoms with E-state index in [9.17, 15) is 4.79 Å². The van der Waals surface area contributed by atoms with Crippen LogP contribution in [0.4, 0.5) is 4.79 Å². The van der Waals surface area contributed by atoms with Gasteiger partial charge >= 0.3 is 0 Å². The maximum atomic E-state index is 10.5. The molecule has 8 heavy (non-hydrogen) atoms. The largest absolute Gasteiger partial charge is 0.347 e. The van der Waals surface area contributed by atoms with E-state index >= 15 is 0 Å². The molecule has 2 nitrogen and oxygen atoms in total. The summed E-state index contributed by atoms with van der Waals surface area (Å²) in [6, 6.07) is 0. The van der Waals surface area contributed by atoms with Gasteiger partial charge in [-0.05, 0) is 12.8 Å². The minimum Gasteiger partial charge on any atom is -0.347 e. The molecule has 1 rings (SSSR count). The molecule has 1 amide bonds. The molecule has 0 unspecified atom stereocenters. The lowest BCUT2D eigenvalue weighted by Crippen LogP contribution is -2.16. The lowest BCUT2D eigenvalue weighted by molar-refractivity contribution is 0.261. The van der Waals surface area contributed by atoms with E-state index < -0.39 is 0 Å². The number of carbonyl (C=O) groups excluding carboxylic acids is 1. The quantitative estimate of drug-likeness (QED) is 0.535. The summed E-state index contributed by atoms with van der Waals surface area (Å²) in [6.07, 6.45) is 2.31. The molecule has 0 bridgehead atoms. The van der Waals surface area contributed by atoms with Crippen LogP contribution in [0.3, 0.4) is 0 Å². The predicted molar refractivity (Wildman–Crippen MR) is 35.1 cm³/mol. The molecule has 0 aromatic rings. The Balaban J connectivity index is 2.27. The Morgan fingerprint density at radius 3 is 3.25 bits per heavy atom. The fraction of sp³-hybridized carbons (Fsp3) is 0.800. The van der Waals surface area contributed by atoms with E-state index in [1.165, 1.54) is 18.2 Å². The summed E-state index contributed by atoms with van der Waals surface area (Å²) in [6.45, 7) is 0.867. The lowest BCUT2D eigenvalue weighted by atomic mass is 10.3. The number of thioether (sulfide) groups is 1. The highest BCUT2D eigenvalue weighted by molar-refractivity contribution is 8.13. The molecule has 0 spiro atoms. The molecular formula is C5H9NOS. The van der Waals surface area contributed by atoms with E-state index in [-0.39, 0.29) is 5.24 Å². The Morgan fingerprint density at radius 1 is 1.50 bits per heavy atom. The number of nitrogens with one attached hydrogen (secondary N) is 1. The molecule has 1 heterocycles. The zero-order valence-corrected chi connectivity index (χ0v) is 5.46. The van der Waals surface area contributed by atoms with E-state index in [0.717, 1.165) is 18.7 Å². The number of hydrogen-bond acceptors (Lipinski definition) is 2. The second kappa shape index (κ2) is 2.97. The van der Waals surface area contributed by atoms with Crippen LogP contribution in [-0.2, 0) is 0 Å². The summed E-state index contributed by atoms with van der Waals surface area (Å²) in [5.41, 5.74) is 0.